The number of carbonyl (C=O) groups is 1. The molecule has 1 amide bonds. The van der Waals surface area contributed by atoms with Gasteiger partial charge in [-0.25, -0.2) is 26.3 Å². The molecule has 3 aromatic carbocycles. The molecule has 0 fully saturated rings. The first-order valence-corrected chi connectivity index (χ1v) is 10.2. The molecular formula is C20H15F3N2O3S. The summed E-state index contributed by atoms with van der Waals surface area (Å²) >= 11 is 0. The molecule has 0 aliphatic carbocycles. The van der Waals surface area contributed by atoms with Gasteiger partial charge >= 0.3 is 0 Å². The maximum atomic E-state index is 13.4. The van der Waals surface area contributed by atoms with Gasteiger partial charge in [0.2, 0.25) is 10.0 Å². The second-order valence-electron chi connectivity index (χ2n) is 6.56. The Bertz CT molecular complexity index is 1250. The monoisotopic (exact) mass is 420 g/mol. The zero-order valence-electron chi connectivity index (χ0n) is 15.2. The summed E-state index contributed by atoms with van der Waals surface area (Å²) in [7, 11) is -4.09. The second-order valence-corrected chi connectivity index (χ2v) is 8.29. The summed E-state index contributed by atoms with van der Waals surface area (Å²) in [5, 5.41) is 0.911. The molecule has 1 heterocycles. The lowest BCUT2D eigenvalue weighted by atomic mass is 10.1. The molecule has 0 atom stereocenters. The van der Waals surface area contributed by atoms with E-state index in [2.05, 4.69) is 4.72 Å². The zero-order chi connectivity index (χ0) is 20.9. The van der Waals surface area contributed by atoms with Gasteiger partial charge in [-0.15, -0.1) is 0 Å². The lowest BCUT2D eigenvalue weighted by Gasteiger charge is -2.15. The maximum Gasteiger partial charge on any atom is 0.258 e. The topological polar surface area (TPSA) is 66.5 Å². The van der Waals surface area contributed by atoms with Crippen molar-refractivity contribution in [2.24, 2.45) is 0 Å². The van der Waals surface area contributed by atoms with Crippen molar-refractivity contribution in [1.29, 1.82) is 0 Å². The highest BCUT2D eigenvalue weighted by molar-refractivity contribution is 7.89. The molecule has 0 saturated heterocycles. The van der Waals surface area contributed by atoms with Crippen molar-refractivity contribution >= 4 is 32.4 Å². The minimum Gasteiger partial charge on any atom is -0.308 e. The van der Waals surface area contributed by atoms with Crippen molar-refractivity contribution in [2.45, 2.75) is 18.4 Å². The molecule has 1 aliphatic rings. The van der Waals surface area contributed by atoms with Gasteiger partial charge in [-0.1, -0.05) is 12.1 Å². The van der Waals surface area contributed by atoms with Crippen LogP contribution < -0.4 is 9.62 Å². The predicted octanol–water partition coefficient (Wildman–Crippen LogP) is 3.72. The highest BCUT2D eigenvalue weighted by Gasteiger charge is 2.31. The normalized spacial score (nSPS) is 13.5. The van der Waals surface area contributed by atoms with E-state index in [4.69, 9.17) is 0 Å². The van der Waals surface area contributed by atoms with Crippen LogP contribution in [0.15, 0.2) is 47.4 Å². The van der Waals surface area contributed by atoms with Crippen molar-refractivity contribution in [3.05, 3.63) is 71.0 Å². The Kier molecular flexibility index (Phi) is 4.59. The molecule has 0 unspecified atom stereocenters. The lowest BCUT2D eigenvalue weighted by molar-refractivity contribution is 0.0994. The van der Waals surface area contributed by atoms with Crippen molar-refractivity contribution in [3.8, 4) is 0 Å². The standard InChI is InChI=1S/C20H15F3N2O3S/c1-2-25-16-6-7-17(12-4-3-5-13(18(12)16)20(25)26)29(27,28)24-10-11-8-14(21)19(23)15(22)9-11/h3-9,24H,2,10H2,1H3. The van der Waals surface area contributed by atoms with E-state index in [1.165, 1.54) is 6.07 Å². The van der Waals surface area contributed by atoms with Crippen LogP contribution in [0.25, 0.3) is 10.8 Å². The number of carbonyl (C=O) groups excluding carboxylic acids is 1. The summed E-state index contributed by atoms with van der Waals surface area (Å²) in [5.41, 5.74) is 0.979. The second kappa shape index (κ2) is 6.85. The van der Waals surface area contributed by atoms with E-state index in [1.807, 2.05) is 6.92 Å². The van der Waals surface area contributed by atoms with Gasteiger partial charge in [0.15, 0.2) is 17.5 Å². The Morgan fingerprint density at radius 1 is 1.03 bits per heavy atom. The Balaban J connectivity index is 1.74. The third-order valence-electron chi connectivity index (χ3n) is 4.86. The average molecular weight is 420 g/mol. The number of sulfonamides is 1. The molecule has 1 N–H and O–H groups in total. The number of halogens is 3. The number of amides is 1. The Morgan fingerprint density at radius 2 is 1.72 bits per heavy atom. The molecule has 0 aromatic heterocycles. The molecule has 5 nitrogen and oxygen atoms in total. The fourth-order valence-electron chi connectivity index (χ4n) is 3.53. The van der Waals surface area contributed by atoms with E-state index < -0.39 is 34.0 Å². The quantitative estimate of drug-likeness (QED) is 0.640. The lowest BCUT2D eigenvalue weighted by Crippen LogP contribution is -2.26. The Labute approximate surface area is 164 Å². The minimum atomic E-state index is -4.09. The molecule has 29 heavy (non-hydrogen) atoms. The van der Waals surface area contributed by atoms with E-state index in [0.29, 0.717) is 28.6 Å². The van der Waals surface area contributed by atoms with Crippen LogP contribution in [-0.2, 0) is 16.6 Å². The minimum absolute atomic E-state index is 0.0630. The van der Waals surface area contributed by atoms with Crippen LogP contribution in [0, 0.1) is 17.5 Å². The molecule has 0 radical (unpaired) electrons. The van der Waals surface area contributed by atoms with Crippen LogP contribution in [0.3, 0.4) is 0 Å². The van der Waals surface area contributed by atoms with E-state index in [0.717, 1.165) is 12.1 Å². The van der Waals surface area contributed by atoms with Gasteiger partial charge in [-0.3, -0.25) is 4.79 Å². The van der Waals surface area contributed by atoms with Crippen LogP contribution in [0.2, 0.25) is 0 Å². The highest BCUT2D eigenvalue weighted by Crippen LogP contribution is 2.39. The molecule has 3 aromatic rings. The fourth-order valence-corrected chi connectivity index (χ4v) is 4.75. The third kappa shape index (κ3) is 3.06. The van der Waals surface area contributed by atoms with Crippen molar-refractivity contribution in [1.82, 2.24) is 4.72 Å². The number of nitrogens with one attached hydrogen (secondary N) is 1. The van der Waals surface area contributed by atoms with E-state index in [1.54, 1.807) is 29.2 Å². The summed E-state index contributed by atoms with van der Waals surface area (Å²) in [6.07, 6.45) is 0. The summed E-state index contributed by atoms with van der Waals surface area (Å²) in [5.74, 6) is -4.62. The van der Waals surface area contributed by atoms with Crippen LogP contribution >= 0.6 is 0 Å². The van der Waals surface area contributed by atoms with Gasteiger partial charge in [0.25, 0.3) is 5.91 Å². The van der Waals surface area contributed by atoms with Gasteiger partial charge in [0.1, 0.15) is 0 Å². The molecule has 4 rings (SSSR count). The first kappa shape index (κ1) is 19.4. The van der Waals surface area contributed by atoms with Crippen LogP contribution in [0.4, 0.5) is 18.9 Å². The number of hydrogen-bond acceptors (Lipinski definition) is 3. The van der Waals surface area contributed by atoms with Gasteiger partial charge in [0.05, 0.1) is 10.6 Å². The molecule has 0 spiro atoms. The third-order valence-corrected chi connectivity index (χ3v) is 6.32. The van der Waals surface area contributed by atoms with Gasteiger partial charge in [-0.05, 0) is 42.8 Å². The smallest absolute Gasteiger partial charge is 0.258 e. The van der Waals surface area contributed by atoms with Crippen LogP contribution in [0.1, 0.15) is 22.8 Å². The number of nitrogens with zero attached hydrogens (tertiary/aromatic N) is 1. The summed E-state index contributed by atoms with van der Waals surface area (Å²) in [6.45, 7) is 1.83. The first-order valence-electron chi connectivity index (χ1n) is 8.75. The average Bonchev–Trinajstić information content (AvgIpc) is 2.97. The van der Waals surface area contributed by atoms with Gasteiger partial charge < -0.3 is 4.90 Å². The number of rotatable bonds is 5. The molecule has 0 bridgehead atoms. The van der Waals surface area contributed by atoms with Crippen LogP contribution in [-0.4, -0.2) is 20.9 Å². The molecule has 9 heteroatoms. The summed E-state index contributed by atoms with van der Waals surface area (Å²) in [6, 6.07) is 9.24. The van der Waals surface area contributed by atoms with Crippen LogP contribution in [0.5, 0.6) is 0 Å². The SMILES string of the molecule is CCN1C(=O)c2cccc3c(S(=O)(=O)NCc4cc(F)c(F)c(F)c4)ccc1c23. The van der Waals surface area contributed by atoms with Gasteiger partial charge in [-0.2, -0.15) is 0 Å². The zero-order valence-corrected chi connectivity index (χ0v) is 16.0. The molecule has 150 valence electrons. The van der Waals surface area contributed by atoms with E-state index in [-0.39, 0.29) is 16.4 Å². The van der Waals surface area contributed by atoms with Crippen molar-refractivity contribution in [3.63, 3.8) is 0 Å². The van der Waals surface area contributed by atoms with Gasteiger partial charge in [0, 0.05) is 29.4 Å². The molecule has 0 saturated carbocycles. The van der Waals surface area contributed by atoms with Crippen molar-refractivity contribution in [2.75, 3.05) is 11.4 Å². The number of anilines is 1. The first-order chi connectivity index (χ1) is 13.7. The molecular weight excluding hydrogens is 405 g/mol. The maximum absolute atomic E-state index is 13.4. The van der Waals surface area contributed by atoms with E-state index >= 15 is 0 Å². The molecule has 1 aliphatic heterocycles. The highest BCUT2D eigenvalue weighted by atomic mass is 32.2. The van der Waals surface area contributed by atoms with Crippen molar-refractivity contribution < 1.29 is 26.4 Å². The Morgan fingerprint density at radius 3 is 2.38 bits per heavy atom. The Hall–Kier alpha value is -2.91. The summed E-state index contributed by atoms with van der Waals surface area (Å²) < 4.78 is 67.8. The number of hydrogen-bond donors (Lipinski definition) is 1. The fraction of sp³-hybridized carbons (Fsp3) is 0.150. The summed E-state index contributed by atoms with van der Waals surface area (Å²) in [4.78, 5) is 14.0. The largest absolute Gasteiger partial charge is 0.308 e. The predicted molar refractivity (Wildman–Crippen MR) is 102 cm³/mol. The van der Waals surface area contributed by atoms with E-state index in [9.17, 15) is 26.4 Å². The number of benzene rings is 3.